The molecule has 0 spiro atoms. The highest BCUT2D eigenvalue weighted by Gasteiger charge is 2.30. The van der Waals surface area contributed by atoms with Crippen molar-refractivity contribution in [2.45, 2.75) is 31.7 Å². The van der Waals surface area contributed by atoms with Crippen molar-refractivity contribution in [3.63, 3.8) is 0 Å². The Morgan fingerprint density at radius 3 is 2.80 bits per heavy atom. The highest BCUT2D eigenvalue weighted by atomic mass is 16.2. The zero-order chi connectivity index (χ0) is 10.7. The lowest BCUT2D eigenvalue weighted by Crippen LogP contribution is -2.44. The van der Waals surface area contributed by atoms with Gasteiger partial charge in [0.05, 0.1) is 12.6 Å². The summed E-state index contributed by atoms with van der Waals surface area (Å²) in [4.78, 5) is 13.9. The maximum Gasteiger partial charge on any atom is 0.240 e. The van der Waals surface area contributed by atoms with Gasteiger partial charge in [0.1, 0.15) is 0 Å². The summed E-state index contributed by atoms with van der Waals surface area (Å²) < 4.78 is 0. The fourth-order valence-corrected chi connectivity index (χ4v) is 2.07. The molecule has 1 aliphatic heterocycles. The molecule has 1 heterocycles. The van der Waals surface area contributed by atoms with Crippen LogP contribution >= 0.6 is 0 Å². The average Bonchev–Trinajstić information content (AvgIpc) is 2.88. The van der Waals surface area contributed by atoms with Gasteiger partial charge in [-0.05, 0) is 38.1 Å². The molecule has 1 unspecified atom stereocenters. The van der Waals surface area contributed by atoms with E-state index in [1.807, 2.05) is 4.90 Å². The molecule has 0 radical (unpaired) electrons. The van der Waals surface area contributed by atoms with Crippen LogP contribution in [0.3, 0.4) is 0 Å². The standard InChI is InChI=1S/C12H18N2O/c1-2-8-14(9-10-5-6-10)12(15)11-4-3-7-13-11/h1,10-11,13H,3-9H2. The minimum absolute atomic E-state index is 0.0251. The van der Waals surface area contributed by atoms with Crippen molar-refractivity contribution in [1.82, 2.24) is 10.2 Å². The smallest absolute Gasteiger partial charge is 0.240 e. The fourth-order valence-electron chi connectivity index (χ4n) is 2.07. The van der Waals surface area contributed by atoms with Gasteiger partial charge in [0, 0.05) is 6.54 Å². The molecule has 1 N–H and O–H groups in total. The van der Waals surface area contributed by atoms with Gasteiger partial charge in [0.2, 0.25) is 5.91 Å². The van der Waals surface area contributed by atoms with Gasteiger partial charge in [-0.25, -0.2) is 0 Å². The SMILES string of the molecule is C#CCN(CC1CC1)C(=O)C1CCCN1. The van der Waals surface area contributed by atoms with E-state index in [-0.39, 0.29) is 11.9 Å². The molecule has 1 atom stereocenters. The number of nitrogens with one attached hydrogen (secondary N) is 1. The lowest BCUT2D eigenvalue weighted by molar-refractivity contribution is -0.132. The summed E-state index contributed by atoms with van der Waals surface area (Å²) in [5, 5.41) is 3.23. The highest BCUT2D eigenvalue weighted by Crippen LogP contribution is 2.30. The third-order valence-electron chi connectivity index (χ3n) is 3.13. The first-order valence-corrected chi connectivity index (χ1v) is 5.77. The van der Waals surface area contributed by atoms with Gasteiger partial charge in [-0.15, -0.1) is 6.42 Å². The number of amides is 1. The molecule has 0 aromatic heterocycles. The molecule has 2 aliphatic rings. The van der Waals surface area contributed by atoms with Crippen molar-refractivity contribution >= 4 is 5.91 Å². The predicted octanol–water partition coefficient (Wildman–Crippen LogP) is 0.610. The second-order valence-electron chi connectivity index (χ2n) is 4.52. The van der Waals surface area contributed by atoms with Crippen molar-refractivity contribution in [2.75, 3.05) is 19.6 Å². The first-order valence-electron chi connectivity index (χ1n) is 5.77. The molecular formula is C12H18N2O. The molecule has 1 amide bonds. The Bertz CT molecular complexity index is 272. The number of hydrogen-bond acceptors (Lipinski definition) is 2. The van der Waals surface area contributed by atoms with E-state index in [0.717, 1.165) is 25.9 Å². The number of terminal acetylenes is 1. The van der Waals surface area contributed by atoms with Crippen LogP contribution in [0.4, 0.5) is 0 Å². The van der Waals surface area contributed by atoms with Gasteiger partial charge in [-0.3, -0.25) is 4.79 Å². The van der Waals surface area contributed by atoms with Crippen LogP contribution in [-0.4, -0.2) is 36.5 Å². The molecule has 15 heavy (non-hydrogen) atoms. The van der Waals surface area contributed by atoms with Gasteiger partial charge in [-0.1, -0.05) is 5.92 Å². The largest absolute Gasteiger partial charge is 0.330 e. The van der Waals surface area contributed by atoms with E-state index >= 15 is 0 Å². The predicted molar refractivity (Wildman–Crippen MR) is 59.2 cm³/mol. The Labute approximate surface area is 91.2 Å². The van der Waals surface area contributed by atoms with Crippen LogP contribution in [0.25, 0.3) is 0 Å². The van der Waals surface area contributed by atoms with Crippen molar-refractivity contribution in [3.05, 3.63) is 0 Å². The van der Waals surface area contributed by atoms with Crippen molar-refractivity contribution in [3.8, 4) is 12.3 Å². The maximum absolute atomic E-state index is 12.1. The molecule has 3 heteroatoms. The minimum atomic E-state index is 0.0251. The number of carbonyl (C=O) groups is 1. The third kappa shape index (κ3) is 2.73. The van der Waals surface area contributed by atoms with Crippen LogP contribution in [-0.2, 0) is 4.79 Å². The quantitative estimate of drug-likeness (QED) is 0.684. The van der Waals surface area contributed by atoms with Crippen LogP contribution in [0.2, 0.25) is 0 Å². The van der Waals surface area contributed by atoms with Crippen LogP contribution in [0.1, 0.15) is 25.7 Å². The molecule has 2 fully saturated rings. The average molecular weight is 206 g/mol. The van der Waals surface area contributed by atoms with Crippen LogP contribution in [0.5, 0.6) is 0 Å². The number of rotatable bonds is 4. The van der Waals surface area contributed by atoms with E-state index in [4.69, 9.17) is 6.42 Å². The molecule has 3 nitrogen and oxygen atoms in total. The van der Waals surface area contributed by atoms with Gasteiger partial charge < -0.3 is 10.2 Å². The first-order chi connectivity index (χ1) is 7.31. The number of hydrogen-bond donors (Lipinski definition) is 1. The highest BCUT2D eigenvalue weighted by molar-refractivity contribution is 5.82. The van der Waals surface area contributed by atoms with Crippen LogP contribution in [0.15, 0.2) is 0 Å². The van der Waals surface area contributed by atoms with E-state index in [9.17, 15) is 4.79 Å². The Kier molecular flexibility index (Phi) is 3.27. The van der Waals surface area contributed by atoms with Gasteiger partial charge in [0.15, 0.2) is 0 Å². The van der Waals surface area contributed by atoms with E-state index < -0.39 is 0 Å². The zero-order valence-corrected chi connectivity index (χ0v) is 9.04. The Balaban J connectivity index is 1.89. The van der Waals surface area contributed by atoms with Crippen LogP contribution in [0, 0.1) is 18.3 Å². The summed E-state index contributed by atoms with van der Waals surface area (Å²) in [5.74, 6) is 3.50. The van der Waals surface area contributed by atoms with Gasteiger partial charge >= 0.3 is 0 Å². The van der Waals surface area contributed by atoms with E-state index in [0.29, 0.717) is 12.5 Å². The topological polar surface area (TPSA) is 32.3 Å². The number of carbonyl (C=O) groups excluding carboxylic acids is 1. The number of nitrogens with zero attached hydrogens (tertiary/aromatic N) is 1. The summed E-state index contributed by atoms with van der Waals surface area (Å²) in [6.07, 6.45) is 9.87. The summed E-state index contributed by atoms with van der Waals surface area (Å²) in [6, 6.07) is 0.0251. The van der Waals surface area contributed by atoms with Crippen molar-refractivity contribution < 1.29 is 4.79 Å². The monoisotopic (exact) mass is 206 g/mol. The molecule has 82 valence electrons. The molecule has 0 bridgehead atoms. The Morgan fingerprint density at radius 1 is 1.47 bits per heavy atom. The summed E-state index contributed by atoms with van der Waals surface area (Å²) >= 11 is 0. The molecular weight excluding hydrogens is 188 g/mol. The molecule has 1 aliphatic carbocycles. The minimum Gasteiger partial charge on any atom is -0.330 e. The lowest BCUT2D eigenvalue weighted by atomic mass is 10.2. The third-order valence-corrected chi connectivity index (χ3v) is 3.13. The summed E-state index contributed by atoms with van der Waals surface area (Å²) in [7, 11) is 0. The maximum atomic E-state index is 12.1. The molecule has 0 aromatic rings. The summed E-state index contributed by atoms with van der Waals surface area (Å²) in [6.45, 7) is 2.29. The second kappa shape index (κ2) is 4.67. The zero-order valence-electron chi connectivity index (χ0n) is 9.04. The summed E-state index contributed by atoms with van der Waals surface area (Å²) in [5.41, 5.74) is 0. The van der Waals surface area contributed by atoms with Gasteiger partial charge in [0.25, 0.3) is 0 Å². The first kappa shape index (κ1) is 10.5. The Morgan fingerprint density at radius 2 is 2.27 bits per heavy atom. The van der Waals surface area contributed by atoms with Crippen molar-refractivity contribution in [1.29, 1.82) is 0 Å². The normalized spacial score (nSPS) is 24.9. The van der Waals surface area contributed by atoms with E-state index in [1.54, 1.807) is 0 Å². The van der Waals surface area contributed by atoms with Crippen LogP contribution < -0.4 is 5.32 Å². The van der Waals surface area contributed by atoms with E-state index in [2.05, 4.69) is 11.2 Å². The van der Waals surface area contributed by atoms with Crippen molar-refractivity contribution in [2.24, 2.45) is 5.92 Å². The Hall–Kier alpha value is -1.01. The molecule has 2 rings (SSSR count). The molecule has 0 aromatic carbocycles. The lowest BCUT2D eigenvalue weighted by Gasteiger charge is -2.23. The fraction of sp³-hybridized carbons (Fsp3) is 0.750. The van der Waals surface area contributed by atoms with E-state index in [1.165, 1.54) is 12.8 Å². The second-order valence-corrected chi connectivity index (χ2v) is 4.52. The van der Waals surface area contributed by atoms with Gasteiger partial charge in [-0.2, -0.15) is 0 Å². The molecule has 1 saturated carbocycles. The molecule has 1 saturated heterocycles.